The Morgan fingerprint density at radius 2 is 2.19 bits per heavy atom. The third-order valence-electron chi connectivity index (χ3n) is 4.30. The van der Waals surface area contributed by atoms with E-state index in [1.54, 1.807) is 6.07 Å². The molecule has 2 N–H and O–H groups in total. The Labute approximate surface area is 126 Å². The zero-order valence-corrected chi connectivity index (χ0v) is 13.1. The quantitative estimate of drug-likeness (QED) is 0.674. The molecule has 5 nitrogen and oxygen atoms in total. The standard InChI is InChI=1S/C16H25N3O2/c1-4-13-11-19(9-8-18(13)2)10-12-6-5-7-14(17)15(12)16(20)21-3/h5-7,13H,4,8-11,17H2,1-3H3. The van der Waals surface area contributed by atoms with Crippen LogP contribution in [0.5, 0.6) is 0 Å². The van der Waals surface area contributed by atoms with Gasteiger partial charge in [-0.2, -0.15) is 0 Å². The van der Waals surface area contributed by atoms with Gasteiger partial charge in [0.05, 0.1) is 12.7 Å². The summed E-state index contributed by atoms with van der Waals surface area (Å²) in [5.74, 6) is -0.357. The van der Waals surface area contributed by atoms with E-state index in [1.165, 1.54) is 7.11 Å². The van der Waals surface area contributed by atoms with Crippen LogP contribution in [-0.4, -0.2) is 55.6 Å². The normalized spacial score (nSPS) is 20.4. The molecule has 1 saturated heterocycles. The molecule has 1 fully saturated rings. The smallest absolute Gasteiger partial charge is 0.340 e. The zero-order chi connectivity index (χ0) is 15.4. The molecular weight excluding hydrogens is 266 g/mol. The number of likely N-dealkylation sites (N-methyl/N-ethyl adjacent to an activating group) is 1. The predicted molar refractivity (Wildman–Crippen MR) is 84.2 cm³/mol. The number of hydrogen-bond donors (Lipinski definition) is 1. The summed E-state index contributed by atoms with van der Waals surface area (Å²) in [7, 11) is 3.56. The maximum Gasteiger partial charge on any atom is 0.340 e. The van der Waals surface area contributed by atoms with Crippen LogP contribution in [0.15, 0.2) is 18.2 Å². The van der Waals surface area contributed by atoms with Crippen molar-refractivity contribution in [2.45, 2.75) is 25.9 Å². The number of nitrogens with two attached hydrogens (primary N) is 1. The lowest BCUT2D eigenvalue weighted by atomic mass is 10.0. The molecular formula is C16H25N3O2. The van der Waals surface area contributed by atoms with Gasteiger partial charge in [0.1, 0.15) is 0 Å². The predicted octanol–water partition coefficient (Wildman–Crippen LogP) is 1.58. The van der Waals surface area contributed by atoms with E-state index < -0.39 is 0 Å². The van der Waals surface area contributed by atoms with Gasteiger partial charge in [-0.3, -0.25) is 4.90 Å². The summed E-state index contributed by atoms with van der Waals surface area (Å²) in [6, 6.07) is 6.17. The molecule has 0 aromatic heterocycles. The topological polar surface area (TPSA) is 58.8 Å². The summed E-state index contributed by atoms with van der Waals surface area (Å²) in [6.07, 6.45) is 1.13. The van der Waals surface area contributed by atoms with Crippen molar-refractivity contribution in [1.82, 2.24) is 9.80 Å². The van der Waals surface area contributed by atoms with E-state index in [-0.39, 0.29) is 5.97 Å². The van der Waals surface area contributed by atoms with Crippen LogP contribution in [0.1, 0.15) is 29.3 Å². The van der Waals surface area contributed by atoms with Crippen molar-refractivity contribution in [3.8, 4) is 0 Å². The van der Waals surface area contributed by atoms with Crippen LogP contribution in [0.2, 0.25) is 0 Å². The first kappa shape index (κ1) is 15.8. The van der Waals surface area contributed by atoms with Gasteiger partial charge in [0.25, 0.3) is 0 Å². The first-order chi connectivity index (χ1) is 10.1. The number of benzene rings is 1. The highest BCUT2D eigenvalue weighted by Crippen LogP contribution is 2.21. The molecule has 21 heavy (non-hydrogen) atoms. The number of hydrogen-bond acceptors (Lipinski definition) is 5. The third-order valence-corrected chi connectivity index (χ3v) is 4.30. The van der Waals surface area contributed by atoms with Crippen LogP contribution in [0.25, 0.3) is 0 Å². The molecule has 0 aliphatic carbocycles. The number of ether oxygens (including phenoxy) is 1. The molecule has 1 atom stereocenters. The van der Waals surface area contributed by atoms with Gasteiger partial charge in [-0.25, -0.2) is 4.79 Å². The van der Waals surface area contributed by atoms with Crippen LogP contribution in [0.3, 0.4) is 0 Å². The minimum absolute atomic E-state index is 0.357. The van der Waals surface area contributed by atoms with Gasteiger partial charge in [0, 0.05) is 37.9 Å². The minimum atomic E-state index is -0.357. The number of nitrogen functional groups attached to an aromatic ring is 1. The summed E-state index contributed by atoms with van der Waals surface area (Å²) in [5.41, 5.74) is 7.89. The van der Waals surface area contributed by atoms with Gasteiger partial charge in [0.2, 0.25) is 0 Å². The lowest BCUT2D eigenvalue weighted by molar-refractivity contribution is 0.0595. The van der Waals surface area contributed by atoms with Crippen LogP contribution >= 0.6 is 0 Å². The van der Waals surface area contributed by atoms with Crippen molar-refractivity contribution in [1.29, 1.82) is 0 Å². The fraction of sp³-hybridized carbons (Fsp3) is 0.562. The molecule has 116 valence electrons. The highest BCUT2D eigenvalue weighted by atomic mass is 16.5. The van der Waals surface area contributed by atoms with Gasteiger partial charge < -0.3 is 15.4 Å². The summed E-state index contributed by atoms with van der Waals surface area (Å²) in [4.78, 5) is 16.7. The molecule has 1 aromatic rings. The number of nitrogens with zero attached hydrogens (tertiary/aromatic N) is 2. The second kappa shape index (κ2) is 6.91. The number of piperazine rings is 1. The molecule has 1 aliphatic rings. The Kier molecular flexibility index (Phi) is 5.20. The Hall–Kier alpha value is -1.59. The van der Waals surface area contributed by atoms with Gasteiger partial charge in [0.15, 0.2) is 0 Å². The second-order valence-electron chi connectivity index (χ2n) is 5.65. The van der Waals surface area contributed by atoms with Crippen LogP contribution in [0.4, 0.5) is 5.69 Å². The average Bonchev–Trinajstić information content (AvgIpc) is 2.48. The number of carbonyl (C=O) groups is 1. The van der Waals surface area contributed by atoms with Crippen LogP contribution < -0.4 is 5.73 Å². The first-order valence-electron chi connectivity index (χ1n) is 7.45. The monoisotopic (exact) mass is 291 g/mol. The van der Waals surface area contributed by atoms with E-state index in [2.05, 4.69) is 23.8 Å². The molecule has 0 spiro atoms. The fourth-order valence-corrected chi connectivity index (χ4v) is 2.94. The Morgan fingerprint density at radius 3 is 2.86 bits per heavy atom. The molecule has 1 aromatic carbocycles. The lowest BCUT2D eigenvalue weighted by Gasteiger charge is -2.39. The van der Waals surface area contributed by atoms with Gasteiger partial charge in [-0.15, -0.1) is 0 Å². The van der Waals surface area contributed by atoms with Crippen molar-refractivity contribution >= 4 is 11.7 Å². The number of anilines is 1. The van der Waals surface area contributed by atoms with Crippen molar-refractivity contribution < 1.29 is 9.53 Å². The summed E-state index contributed by atoms with van der Waals surface area (Å²) in [5, 5.41) is 0. The molecule has 1 unspecified atom stereocenters. The maximum atomic E-state index is 11.9. The molecule has 0 radical (unpaired) electrons. The molecule has 0 bridgehead atoms. The number of esters is 1. The van der Waals surface area contributed by atoms with Gasteiger partial charge in [-0.05, 0) is 25.1 Å². The Bertz CT molecular complexity index is 504. The van der Waals surface area contributed by atoms with Crippen molar-refractivity contribution in [3.05, 3.63) is 29.3 Å². The molecule has 1 aliphatic heterocycles. The van der Waals surface area contributed by atoms with E-state index in [0.29, 0.717) is 17.3 Å². The highest BCUT2D eigenvalue weighted by Gasteiger charge is 2.24. The first-order valence-corrected chi connectivity index (χ1v) is 7.45. The van der Waals surface area contributed by atoms with Crippen LogP contribution in [0, 0.1) is 0 Å². The Balaban J connectivity index is 2.16. The van der Waals surface area contributed by atoms with Crippen molar-refractivity contribution in [2.75, 3.05) is 39.5 Å². The molecule has 1 heterocycles. The highest BCUT2D eigenvalue weighted by molar-refractivity contribution is 5.96. The SMILES string of the molecule is CCC1CN(Cc2cccc(N)c2C(=O)OC)CCN1C. The Morgan fingerprint density at radius 1 is 1.43 bits per heavy atom. The van der Waals surface area contributed by atoms with Crippen molar-refractivity contribution in [3.63, 3.8) is 0 Å². The summed E-state index contributed by atoms with van der Waals surface area (Å²) in [6.45, 7) is 6.02. The average molecular weight is 291 g/mol. The third kappa shape index (κ3) is 3.54. The molecule has 2 rings (SSSR count). The summed E-state index contributed by atoms with van der Waals surface area (Å²) >= 11 is 0. The molecule has 0 saturated carbocycles. The largest absolute Gasteiger partial charge is 0.465 e. The van der Waals surface area contributed by atoms with Gasteiger partial charge >= 0.3 is 5.97 Å². The zero-order valence-electron chi connectivity index (χ0n) is 13.1. The lowest BCUT2D eigenvalue weighted by Crippen LogP contribution is -2.50. The minimum Gasteiger partial charge on any atom is -0.465 e. The fourth-order valence-electron chi connectivity index (χ4n) is 2.94. The van der Waals surface area contributed by atoms with Gasteiger partial charge in [-0.1, -0.05) is 19.1 Å². The summed E-state index contributed by atoms with van der Waals surface area (Å²) < 4.78 is 4.86. The van der Waals surface area contributed by atoms with E-state index in [4.69, 9.17) is 10.5 Å². The molecule has 5 heteroatoms. The van der Waals surface area contributed by atoms with Crippen LogP contribution in [-0.2, 0) is 11.3 Å². The van der Waals surface area contributed by atoms with E-state index in [0.717, 1.165) is 38.2 Å². The molecule has 0 amide bonds. The number of carbonyl (C=O) groups excluding carboxylic acids is 1. The van der Waals surface area contributed by atoms with E-state index in [9.17, 15) is 4.79 Å². The second-order valence-corrected chi connectivity index (χ2v) is 5.65. The van der Waals surface area contributed by atoms with E-state index in [1.807, 2.05) is 12.1 Å². The maximum absolute atomic E-state index is 11.9. The number of methoxy groups -OCH3 is 1. The number of rotatable bonds is 4. The van der Waals surface area contributed by atoms with E-state index >= 15 is 0 Å². The van der Waals surface area contributed by atoms with Crippen molar-refractivity contribution in [2.24, 2.45) is 0 Å².